The Labute approximate surface area is 79.6 Å². The fraction of sp³-hybridized carbons (Fsp3) is 0.778. The molecule has 13 heavy (non-hydrogen) atoms. The maximum absolute atomic E-state index is 10.4. The Morgan fingerprint density at radius 2 is 1.92 bits per heavy atom. The van der Waals surface area contributed by atoms with E-state index in [-0.39, 0.29) is 5.41 Å². The maximum Gasteiger partial charge on any atom is 0.332 e. The molecule has 0 rings (SSSR count). The fourth-order valence-corrected chi connectivity index (χ4v) is 0.867. The van der Waals surface area contributed by atoms with Crippen molar-refractivity contribution in [3.63, 3.8) is 0 Å². The number of carbonyl (C=O) groups excluding carboxylic acids is 1. The van der Waals surface area contributed by atoms with Crippen LogP contribution in [-0.4, -0.2) is 11.7 Å². The summed E-state index contributed by atoms with van der Waals surface area (Å²) in [4.78, 5) is 10.4. The minimum atomic E-state index is -0.625. The monoisotopic (exact) mass is 185 g/mol. The minimum absolute atomic E-state index is 0.146. The summed E-state index contributed by atoms with van der Waals surface area (Å²) in [5.41, 5.74) is 8.14. The van der Waals surface area contributed by atoms with Gasteiger partial charge in [0, 0.05) is 11.6 Å². The average Bonchev–Trinajstić information content (AvgIpc) is 1.96. The highest BCUT2D eigenvalue weighted by Crippen LogP contribution is 2.26. The molecule has 0 aromatic rings. The van der Waals surface area contributed by atoms with Gasteiger partial charge in [-0.05, 0) is 12.3 Å². The molecule has 76 valence electrons. The summed E-state index contributed by atoms with van der Waals surface area (Å²) < 4.78 is 0. The van der Waals surface area contributed by atoms with E-state index in [2.05, 4.69) is 38.2 Å². The van der Waals surface area contributed by atoms with Crippen molar-refractivity contribution < 1.29 is 4.79 Å². The first-order chi connectivity index (χ1) is 5.75. The van der Waals surface area contributed by atoms with Crippen LogP contribution in [0.1, 0.15) is 34.6 Å². The van der Waals surface area contributed by atoms with Crippen LogP contribution in [0.2, 0.25) is 0 Å². The number of nitrogens with one attached hydrogen (secondary N) is 1. The average molecular weight is 185 g/mol. The van der Waals surface area contributed by atoms with E-state index >= 15 is 0 Å². The highest BCUT2D eigenvalue weighted by Gasteiger charge is 2.22. The van der Waals surface area contributed by atoms with Gasteiger partial charge < -0.3 is 5.73 Å². The predicted molar refractivity (Wildman–Crippen MR) is 54.4 cm³/mol. The quantitative estimate of drug-likeness (QED) is 0.499. The number of rotatable bonds is 2. The molecule has 0 spiro atoms. The van der Waals surface area contributed by atoms with Gasteiger partial charge in [-0.2, -0.15) is 5.10 Å². The van der Waals surface area contributed by atoms with Crippen LogP contribution in [-0.2, 0) is 0 Å². The summed E-state index contributed by atoms with van der Waals surface area (Å²) in [7, 11) is 0. The first-order valence-corrected chi connectivity index (χ1v) is 4.34. The van der Waals surface area contributed by atoms with E-state index in [9.17, 15) is 4.79 Å². The Morgan fingerprint density at radius 3 is 2.23 bits per heavy atom. The third-order valence-corrected chi connectivity index (χ3v) is 2.27. The van der Waals surface area contributed by atoms with Gasteiger partial charge in [0.25, 0.3) is 0 Å². The Kier molecular flexibility index (Phi) is 3.91. The molecule has 0 aromatic carbocycles. The summed E-state index contributed by atoms with van der Waals surface area (Å²) >= 11 is 0. The Balaban J connectivity index is 4.33. The summed E-state index contributed by atoms with van der Waals surface area (Å²) in [6.45, 7) is 10.3. The van der Waals surface area contributed by atoms with Crippen molar-refractivity contribution in [3.05, 3.63) is 0 Å². The van der Waals surface area contributed by atoms with Gasteiger partial charge in [0.2, 0.25) is 0 Å². The third kappa shape index (κ3) is 4.50. The zero-order valence-electron chi connectivity index (χ0n) is 9.01. The number of carbonyl (C=O) groups is 1. The molecule has 0 radical (unpaired) electrons. The molecule has 3 N–H and O–H groups in total. The van der Waals surface area contributed by atoms with Crippen molar-refractivity contribution in [2.45, 2.75) is 34.6 Å². The molecule has 1 unspecified atom stereocenters. The van der Waals surface area contributed by atoms with Gasteiger partial charge in [0.15, 0.2) is 0 Å². The van der Waals surface area contributed by atoms with Crippen LogP contribution in [0, 0.1) is 11.3 Å². The number of primary amides is 1. The normalized spacial score (nSPS) is 15.3. The van der Waals surface area contributed by atoms with Gasteiger partial charge in [-0.25, -0.2) is 10.2 Å². The maximum atomic E-state index is 10.4. The van der Waals surface area contributed by atoms with Crippen molar-refractivity contribution in [3.8, 4) is 0 Å². The molecule has 0 aliphatic heterocycles. The number of amides is 2. The minimum Gasteiger partial charge on any atom is -0.350 e. The van der Waals surface area contributed by atoms with Gasteiger partial charge >= 0.3 is 6.03 Å². The van der Waals surface area contributed by atoms with E-state index in [1.54, 1.807) is 0 Å². The smallest absolute Gasteiger partial charge is 0.332 e. The Morgan fingerprint density at radius 1 is 1.46 bits per heavy atom. The zero-order valence-corrected chi connectivity index (χ0v) is 9.01. The molecule has 0 aliphatic rings. The van der Waals surface area contributed by atoms with E-state index < -0.39 is 6.03 Å². The molecule has 0 heterocycles. The van der Waals surface area contributed by atoms with E-state index in [4.69, 9.17) is 5.73 Å². The molecule has 4 nitrogen and oxygen atoms in total. The highest BCUT2D eigenvalue weighted by molar-refractivity contribution is 5.86. The second-order valence-electron chi connectivity index (χ2n) is 4.32. The van der Waals surface area contributed by atoms with Gasteiger partial charge in [0.1, 0.15) is 0 Å². The van der Waals surface area contributed by atoms with Crippen LogP contribution < -0.4 is 11.2 Å². The molecule has 4 heteroatoms. The SMILES string of the molecule is C/C(=N\NC(N)=O)C(C)C(C)(C)C. The van der Waals surface area contributed by atoms with Crippen LogP contribution in [0.5, 0.6) is 0 Å². The molecule has 0 aliphatic carbocycles. The number of nitrogens with two attached hydrogens (primary N) is 1. The molecular weight excluding hydrogens is 166 g/mol. The second-order valence-corrected chi connectivity index (χ2v) is 4.32. The number of nitrogens with zero attached hydrogens (tertiary/aromatic N) is 1. The number of hydrogen-bond acceptors (Lipinski definition) is 2. The fourth-order valence-electron chi connectivity index (χ4n) is 0.867. The Hall–Kier alpha value is -1.06. The van der Waals surface area contributed by atoms with Crippen LogP contribution >= 0.6 is 0 Å². The van der Waals surface area contributed by atoms with Gasteiger partial charge in [-0.3, -0.25) is 0 Å². The van der Waals surface area contributed by atoms with Crippen LogP contribution in [0.3, 0.4) is 0 Å². The molecule has 2 amide bonds. The molecule has 1 atom stereocenters. The van der Waals surface area contributed by atoms with Crippen molar-refractivity contribution in [2.75, 3.05) is 0 Å². The first kappa shape index (κ1) is 11.9. The van der Waals surface area contributed by atoms with Gasteiger partial charge in [0.05, 0.1) is 0 Å². The molecule has 0 saturated carbocycles. The first-order valence-electron chi connectivity index (χ1n) is 4.34. The third-order valence-electron chi connectivity index (χ3n) is 2.27. The van der Waals surface area contributed by atoms with Crippen molar-refractivity contribution in [2.24, 2.45) is 22.2 Å². The molecule has 0 saturated heterocycles. The van der Waals surface area contributed by atoms with Crippen LogP contribution in [0.25, 0.3) is 0 Å². The lowest BCUT2D eigenvalue weighted by Gasteiger charge is -2.26. The molecule has 0 aromatic heterocycles. The topological polar surface area (TPSA) is 67.5 Å². The van der Waals surface area contributed by atoms with Crippen molar-refractivity contribution >= 4 is 11.7 Å². The van der Waals surface area contributed by atoms with Crippen molar-refractivity contribution in [1.29, 1.82) is 0 Å². The van der Waals surface area contributed by atoms with Crippen LogP contribution in [0.15, 0.2) is 5.10 Å². The molecule has 0 fully saturated rings. The largest absolute Gasteiger partial charge is 0.350 e. The summed E-state index contributed by atoms with van der Waals surface area (Å²) in [6.07, 6.45) is 0. The zero-order chi connectivity index (χ0) is 10.6. The summed E-state index contributed by atoms with van der Waals surface area (Å²) in [5.74, 6) is 0.305. The second kappa shape index (κ2) is 4.25. The standard InChI is InChI=1S/C9H19N3O/c1-6(9(3,4)5)7(2)11-12-8(10)13/h6H,1-5H3,(H3,10,12,13)/b11-7+. The lowest BCUT2D eigenvalue weighted by molar-refractivity contribution is 0.249. The van der Waals surface area contributed by atoms with E-state index in [0.29, 0.717) is 5.92 Å². The number of urea groups is 1. The van der Waals surface area contributed by atoms with Crippen molar-refractivity contribution in [1.82, 2.24) is 5.43 Å². The number of hydrazone groups is 1. The van der Waals surface area contributed by atoms with E-state index in [1.165, 1.54) is 0 Å². The van der Waals surface area contributed by atoms with Crippen LogP contribution in [0.4, 0.5) is 4.79 Å². The highest BCUT2D eigenvalue weighted by atomic mass is 16.2. The summed E-state index contributed by atoms with van der Waals surface area (Å²) in [5, 5.41) is 3.88. The lowest BCUT2D eigenvalue weighted by atomic mass is 9.79. The van der Waals surface area contributed by atoms with Gasteiger partial charge in [-0.15, -0.1) is 0 Å². The van der Waals surface area contributed by atoms with Gasteiger partial charge in [-0.1, -0.05) is 27.7 Å². The Bertz CT molecular complexity index is 215. The van der Waals surface area contributed by atoms with E-state index in [1.807, 2.05) is 6.92 Å². The van der Waals surface area contributed by atoms with E-state index in [0.717, 1.165) is 5.71 Å². The molecular formula is C9H19N3O. The number of hydrogen-bond donors (Lipinski definition) is 2. The molecule has 0 bridgehead atoms. The predicted octanol–water partition coefficient (Wildman–Crippen LogP) is 1.71. The lowest BCUT2D eigenvalue weighted by Crippen LogP contribution is -2.29. The summed E-state index contributed by atoms with van der Waals surface area (Å²) in [6, 6.07) is -0.625.